The summed E-state index contributed by atoms with van der Waals surface area (Å²) < 4.78 is 48.2. The maximum absolute atomic E-state index is 12.4. The van der Waals surface area contributed by atoms with Crippen molar-refractivity contribution < 1.29 is 22.2 Å². The van der Waals surface area contributed by atoms with Gasteiger partial charge in [0.25, 0.3) is 5.91 Å². The minimum absolute atomic E-state index is 0.210. The number of rotatable bonds is 4. The summed E-state index contributed by atoms with van der Waals surface area (Å²) in [5.74, 6) is -2.14. The van der Waals surface area contributed by atoms with Crippen molar-refractivity contribution in [3.05, 3.63) is 41.2 Å². The molecule has 1 unspecified atom stereocenters. The molecule has 1 atom stereocenters. The van der Waals surface area contributed by atoms with Crippen LogP contribution in [0.1, 0.15) is 21.7 Å². The fourth-order valence-corrected chi connectivity index (χ4v) is 2.30. The van der Waals surface area contributed by atoms with E-state index in [0.29, 0.717) is 5.56 Å². The molecule has 0 aliphatic rings. The second-order valence-corrected chi connectivity index (χ2v) is 5.81. The van der Waals surface area contributed by atoms with Crippen molar-refractivity contribution in [1.29, 1.82) is 0 Å². The summed E-state index contributed by atoms with van der Waals surface area (Å²) in [7, 11) is -1.07. The van der Waals surface area contributed by atoms with E-state index in [4.69, 9.17) is 0 Å². The largest absolute Gasteiger partial charge is 0.451 e. The van der Waals surface area contributed by atoms with E-state index < -0.39 is 34.7 Å². The van der Waals surface area contributed by atoms with E-state index in [2.05, 4.69) is 15.4 Å². The molecule has 2 N–H and O–H groups in total. The molecule has 2 rings (SSSR count). The van der Waals surface area contributed by atoms with Crippen LogP contribution in [0.3, 0.4) is 0 Å². The zero-order chi connectivity index (χ0) is 16.3. The lowest BCUT2D eigenvalue weighted by Gasteiger charge is -2.04. The zero-order valence-electron chi connectivity index (χ0n) is 11.3. The minimum atomic E-state index is -4.67. The summed E-state index contributed by atoms with van der Waals surface area (Å²) in [5, 5.41) is 7.14. The third-order valence-electron chi connectivity index (χ3n) is 2.54. The minimum Gasteiger partial charge on any atom is -0.289 e. The average Bonchev–Trinajstić information content (AvgIpc) is 2.86. The number of amides is 1. The van der Waals surface area contributed by atoms with Crippen LogP contribution < -0.4 is 5.32 Å². The first-order valence-electron chi connectivity index (χ1n) is 5.95. The average molecular weight is 332 g/mol. The molecule has 0 aliphatic heterocycles. The third-order valence-corrected chi connectivity index (χ3v) is 3.28. The van der Waals surface area contributed by atoms with Crippen LogP contribution in [0.15, 0.2) is 24.3 Å². The molecule has 0 aliphatic carbocycles. The van der Waals surface area contributed by atoms with Gasteiger partial charge in [0.15, 0.2) is 0 Å². The van der Waals surface area contributed by atoms with Gasteiger partial charge in [0.1, 0.15) is 0 Å². The molecule has 0 saturated carbocycles. The van der Waals surface area contributed by atoms with E-state index in [-0.39, 0.29) is 11.3 Å². The van der Waals surface area contributed by atoms with Crippen molar-refractivity contribution in [3.63, 3.8) is 0 Å². The molecule has 0 radical (unpaired) electrons. The maximum Gasteiger partial charge on any atom is 0.451 e. The summed E-state index contributed by atoms with van der Waals surface area (Å²) in [4.78, 5) is 15.1. The van der Waals surface area contributed by atoms with Crippen LogP contribution in [0.25, 0.3) is 0 Å². The van der Waals surface area contributed by atoms with Crippen molar-refractivity contribution in [2.75, 3.05) is 11.6 Å². The monoisotopic (exact) mass is 332 g/mol. The Kier molecular flexibility index (Phi) is 4.59. The molecule has 2 aromatic rings. The highest BCUT2D eigenvalue weighted by Gasteiger charge is 2.35. The third kappa shape index (κ3) is 4.13. The predicted molar refractivity (Wildman–Crippen MR) is 73.6 cm³/mol. The molecule has 0 spiro atoms. The van der Waals surface area contributed by atoms with Crippen molar-refractivity contribution in [2.45, 2.75) is 11.9 Å². The number of aromatic amines is 1. The van der Waals surface area contributed by atoms with Gasteiger partial charge >= 0.3 is 6.18 Å². The number of aromatic nitrogens is 3. The molecular weight excluding hydrogens is 321 g/mol. The molecule has 0 saturated heterocycles. The van der Waals surface area contributed by atoms with Gasteiger partial charge in [-0.15, -0.1) is 5.10 Å². The highest BCUT2D eigenvalue weighted by molar-refractivity contribution is 7.83. The Bertz CT molecular complexity index is 714. The summed E-state index contributed by atoms with van der Waals surface area (Å²) >= 11 is 0. The van der Waals surface area contributed by atoms with Crippen LogP contribution in [-0.2, 0) is 22.7 Å². The van der Waals surface area contributed by atoms with Gasteiger partial charge in [-0.05, 0) is 17.7 Å². The Labute approximate surface area is 125 Å². The van der Waals surface area contributed by atoms with E-state index >= 15 is 0 Å². The number of nitrogens with zero attached hydrogens (tertiary/aromatic N) is 2. The Balaban J connectivity index is 2.12. The fraction of sp³-hybridized carbons (Fsp3) is 0.250. The second-order valence-electron chi connectivity index (χ2n) is 4.38. The topological polar surface area (TPSA) is 87.7 Å². The fourth-order valence-electron chi connectivity index (χ4n) is 1.66. The number of benzene rings is 1. The highest BCUT2D eigenvalue weighted by Crippen LogP contribution is 2.26. The van der Waals surface area contributed by atoms with Crippen molar-refractivity contribution in [2.24, 2.45) is 0 Å². The lowest BCUT2D eigenvalue weighted by atomic mass is 10.1. The van der Waals surface area contributed by atoms with Gasteiger partial charge in [0, 0.05) is 28.4 Å². The molecule has 6 nitrogen and oxygen atoms in total. The van der Waals surface area contributed by atoms with Crippen LogP contribution >= 0.6 is 0 Å². The quantitative estimate of drug-likeness (QED) is 0.896. The Morgan fingerprint density at radius 1 is 1.41 bits per heavy atom. The lowest BCUT2D eigenvalue weighted by molar-refractivity contribution is -0.144. The first kappa shape index (κ1) is 16.1. The number of halogens is 3. The van der Waals surface area contributed by atoms with E-state index in [9.17, 15) is 22.2 Å². The molecule has 0 fully saturated rings. The number of H-pyrrole nitrogens is 1. The number of nitrogens with one attached hydrogen (secondary N) is 2. The second kappa shape index (κ2) is 6.26. The van der Waals surface area contributed by atoms with Gasteiger partial charge in [-0.3, -0.25) is 19.4 Å². The molecule has 1 amide bonds. The molecule has 118 valence electrons. The van der Waals surface area contributed by atoms with Gasteiger partial charge in [0.05, 0.1) is 0 Å². The highest BCUT2D eigenvalue weighted by atomic mass is 32.2. The van der Waals surface area contributed by atoms with E-state index in [1.807, 2.05) is 0 Å². The van der Waals surface area contributed by atoms with Crippen LogP contribution in [0, 0.1) is 0 Å². The number of anilines is 1. The Morgan fingerprint density at radius 3 is 2.73 bits per heavy atom. The molecule has 10 heteroatoms. The van der Waals surface area contributed by atoms with Gasteiger partial charge in [-0.25, -0.2) is 0 Å². The van der Waals surface area contributed by atoms with E-state index in [1.54, 1.807) is 17.2 Å². The lowest BCUT2D eigenvalue weighted by Crippen LogP contribution is -2.14. The van der Waals surface area contributed by atoms with Crippen LogP contribution in [-0.4, -0.2) is 31.6 Å². The van der Waals surface area contributed by atoms with Gasteiger partial charge < -0.3 is 0 Å². The molecule has 22 heavy (non-hydrogen) atoms. The van der Waals surface area contributed by atoms with Crippen LogP contribution in [0.2, 0.25) is 0 Å². The zero-order valence-corrected chi connectivity index (χ0v) is 12.1. The normalized spacial score (nSPS) is 12.9. The number of hydrogen-bond donors (Lipinski definition) is 2. The predicted octanol–water partition coefficient (Wildman–Crippen LogP) is 1.95. The molecule has 0 bridgehead atoms. The van der Waals surface area contributed by atoms with Crippen molar-refractivity contribution in [1.82, 2.24) is 15.2 Å². The number of hydrogen-bond acceptors (Lipinski definition) is 4. The smallest absolute Gasteiger partial charge is 0.289 e. The van der Waals surface area contributed by atoms with Gasteiger partial charge in [-0.1, -0.05) is 12.1 Å². The number of carbonyl (C=O) groups is 1. The summed E-state index contributed by atoms with van der Waals surface area (Å²) in [6.07, 6.45) is -3.14. The van der Waals surface area contributed by atoms with E-state index in [0.717, 1.165) is 0 Å². The van der Waals surface area contributed by atoms with Gasteiger partial charge in [0.2, 0.25) is 11.8 Å². The SMILES string of the molecule is CS(=O)Cc1cccc(C(=O)Nc2n[nH]c(C(F)(F)F)n2)c1. The Morgan fingerprint density at radius 2 is 2.14 bits per heavy atom. The maximum atomic E-state index is 12.4. The summed E-state index contributed by atoms with van der Waals surface area (Å²) in [6, 6.07) is 6.28. The molecular formula is C12H11F3N4O2S. The molecule has 1 aromatic heterocycles. The van der Waals surface area contributed by atoms with Crippen LogP contribution in [0.5, 0.6) is 0 Å². The van der Waals surface area contributed by atoms with Crippen LogP contribution in [0.4, 0.5) is 19.1 Å². The Hall–Kier alpha value is -2.23. The number of carbonyl (C=O) groups excluding carboxylic acids is 1. The summed E-state index contributed by atoms with van der Waals surface area (Å²) in [5.41, 5.74) is 0.890. The first-order chi connectivity index (χ1) is 10.3. The summed E-state index contributed by atoms with van der Waals surface area (Å²) in [6.45, 7) is 0. The van der Waals surface area contributed by atoms with E-state index in [1.165, 1.54) is 18.4 Å². The van der Waals surface area contributed by atoms with Crippen molar-refractivity contribution in [3.8, 4) is 0 Å². The standard InChI is InChI=1S/C12H11F3N4O2S/c1-22(21)6-7-3-2-4-8(5-7)9(20)16-11-17-10(18-19-11)12(13,14)15/h2-5H,6H2,1H3,(H2,16,17,18,19,20). The van der Waals surface area contributed by atoms with Crippen molar-refractivity contribution >= 4 is 22.7 Å². The first-order valence-corrected chi connectivity index (χ1v) is 7.68. The number of alkyl halides is 3. The van der Waals surface area contributed by atoms with Gasteiger partial charge in [-0.2, -0.15) is 18.2 Å². The molecule has 1 aromatic carbocycles. The molecule has 1 heterocycles.